The van der Waals surface area contributed by atoms with Crippen molar-refractivity contribution >= 4 is 68.8 Å². The lowest BCUT2D eigenvalue weighted by atomic mass is 10.0. The van der Waals surface area contributed by atoms with Gasteiger partial charge in [0.2, 0.25) is 0 Å². The number of amides is 1. The molecule has 1 fully saturated rings. The number of fused-ring (bicyclic) bond motifs is 1. The summed E-state index contributed by atoms with van der Waals surface area (Å²) in [7, 11) is 1.57. The van der Waals surface area contributed by atoms with Crippen molar-refractivity contribution in [2.75, 3.05) is 20.2 Å². The second kappa shape index (κ2) is 15.9. The molecule has 1 aromatic heterocycles. The normalized spacial score (nSPS) is 17.9. The first kappa shape index (κ1) is 33.5. The summed E-state index contributed by atoms with van der Waals surface area (Å²) in [5, 5.41) is 51.5. The number of carbonyl (C=O) groups is 1. The number of aliphatic imine (C=N–C) groups is 1. The number of rotatable bonds is 8. The number of aliphatic hydroxyl groups excluding tert-OH is 5. The SMILES string of the molecule is CNC[C@H](O)[C@@H](O)[C@H](O)[C@H](O)CO.O.O=C1NC(=Nc2c(Cl)cccc2Cl)S/C1=C\c1ccc2nccnc2c1. The topological polar surface area (TPSA) is 212 Å². The van der Waals surface area contributed by atoms with E-state index in [0.29, 0.717) is 25.8 Å². The number of nitrogens with zero attached hydrogens (tertiary/aromatic N) is 3. The summed E-state index contributed by atoms with van der Waals surface area (Å²) in [5.41, 5.74) is 2.85. The third-order valence-electron chi connectivity index (χ3n) is 5.33. The number of aromatic nitrogens is 2. The maximum Gasteiger partial charge on any atom is 0.264 e. The molecule has 1 saturated heterocycles. The molecular formula is C25H29Cl2N5O7S. The van der Waals surface area contributed by atoms with Crippen LogP contribution in [0.4, 0.5) is 5.69 Å². The van der Waals surface area contributed by atoms with E-state index < -0.39 is 31.0 Å². The smallest absolute Gasteiger partial charge is 0.264 e. The Labute approximate surface area is 243 Å². The molecule has 0 aliphatic carbocycles. The standard InChI is InChI=1S/C18H10Cl2N4OS.C7H17NO5.H2O/c19-11-2-1-3-12(20)16(11)23-18-24-17(25)15(26-18)9-10-4-5-13-14(8-10)22-7-6-21-13;1-8-2-4(10)6(12)7(13)5(11)3-9;/h1-9H,(H,23,24,25);4-13H,2-3H2,1H3;1H2/b15-9-;;/t;4-,5+,6+,7+;/m.0./s1. The van der Waals surface area contributed by atoms with Crippen LogP contribution < -0.4 is 10.6 Å². The third-order valence-corrected chi connectivity index (χ3v) is 6.85. The lowest BCUT2D eigenvalue weighted by Crippen LogP contribution is -2.48. The quantitative estimate of drug-likeness (QED) is 0.176. The molecular weight excluding hydrogens is 585 g/mol. The van der Waals surface area contributed by atoms with Gasteiger partial charge in [-0.1, -0.05) is 35.3 Å². The fourth-order valence-electron chi connectivity index (χ4n) is 3.29. The van der Waals surface area contributed by atoms with Gasteiger partial charge in [0, 0.05) is 18.9 Å². The lowest BCUT2D eigenvalue weighted by Gasteiger charge is -2.25. The molecule has 12 nitrogen and oxygen atoms in total. The molecule has 0 spiro atoms. The second-order valence-electron chi connectivity index (χ2n) is 8.21. The van der Waals surface area contributed by atoms with Gasteiger partial charge in [-0.3, -0.25) is 14.8 Å². The Kier molecular flexibility index (Phi) is 13.3. The van der Waals surface area contributed by atoms with Crippen LogP contribution in [0.25, 0.3) is 17.1 Å². The Hall–Kier alpha value is -2.69. The molecule has 0 unspecified atom stereocenters. The Morgan fingerprint density at radius 1 is 1.02 bits per heavy atom. The van der Waals surface area contributed by atoms with Gasteiger partial charge in [-0.25, -0.2) is 4.99 Å². The van der Waals surface area contributed by atoms with Crippen LogP contribution in [0.5, 0.6) is 0 Å². The summed E-state index contributed by atoms with van der Waals surface area (Å²) in [4.78, 5) is 25.6. The van der Waals surface area contributed by atoms with Crippen molar-refractivity contribution in [3.05, 3.63) is 69.3 Å². The van der Waals surface area contributed by atoms with Crippen LogP contribution in [-0.2, 0) is 4.79 Å². The van der Waals surface area contributed by atoms with Crippen molar-refractivity contribution in [2.24, 2.45) is 4.99 Å². The van der Waals surface area contributed by atoms with Gasteiger partial charge in [0.25, 0.3) is 5.91 Å². The predicted octanol–water partition coefficient (Wildman–Crippen LogP) is 0.645. The molecule has 216 valence electrons. The van der Waals surface area contributed by atoms with E-state index in [1.165, 1.54) is 11.8 Å². The zero-order valence-corrected chi connectivity index (χ0v) is 23.4. The van der Waals surface area contributed by atoms with Gasteiger partial charge in [-0.05, 0) is 54.7 Å². The molecule has 40 heavy (non-hydrogen) atoms. The number of benzene rings is 2. The molecule has 4 rings (SSSR count). The number of para-hydroxylation sites is 1. The Bertz CT molecular complexity index is 1340. The number of carbonyl (C=O) groups excluding carboxylic acids is 1. The number of amidine groups is 1. The number of nitrogens with one attached hydrogen (secondary N) is 2. The summed E-state index contributed by atoms with van der Waals surface area (Å²) in [5.74, 6) is -0.226. The predicted molar refractivity (Wildman–Crippen MR) is 155 cm³/mol. The number of aliphatic hydroxyl groups is 5. The molecule has 9 N–H and O–H groups in total. The minimum atomic E-state index is -1.55. The highest BCUT2D eigenvalue weighted by Gasteiger charge is 2.29. The molecule has 1 aliphatic heterocycles. The highest BCUT2D eigenvalue weighted by molar-refractivity contribution is 8.18. The van der Waals surface area contributed by atoms with Gasteiger partial charge in [-0.15, -0.1) is 0 Å². The van der Waals surface area contributed by atoms with Gasteiger partial charge in [-0.2, -0.15) is 0 Å². The van der Waals surface area contributed by atoms with Crippen LogP contribution in [0.1, 0.15) is 5.56 Å². The van der Waals surface area contributed by atoms with E-state index in [1.807, 2.05) is 18.2 Å². The summed E-state index contributed by atoms with van der Waals surface area (Å²) in [6, 6.07) is 10.8. The maximum absolute atomic E-state index is 12.2. The van der Waals surface area contributed by atoms with Crippen molar-refractivity contribution in [3.8, 4) is 0 Å². The number of likely N-dealkylation sites (N-methyl/N-ethyl adjacent to an activating group) is 1. The highest BCUT2D eigenvalue weighted by atomic mass is 35.5. The Morgan fingerprint density at radius 2 is 1.65 bits per heavy atom. The molecule has 3 aromatic rings. The number of hydrogen-bond acceptors (Lipinski definition) is 11. The van der Waals surface area contributed by atoms with E-state index in [2.05, 4.69) is 25.6 Å². The van der Waals surface area contributed by atoms with E-state index in [-0.39, 0.29) is 17.9 Å². The monoisotopic (exact) mass is 613 g/mol. The van der Waals surface area contributed by atoms with Crippen LogP contribution in [0.3, 0.4) is 0 Å². The molecule has 0 bridgehead atoms. The first-order chi connectivity index (χ1) is 18.6. The lowest BCUT2D eigenvalue weighted by molar-refractivity contribution is -0.115. The summed E-state index contributed by atoms with van der Waals surface area (Å²) >= 11 is 13.5. The zero-order valence-electron chi connectivity index (χ0n) is 21.1. The van der Waals surface area contributed by atoms with E-state index >= 15 is 0 Å². The van der Waals surface area contributed by atoms with E-state index in [4.69, 9.17) is 43.6 Å². The fraction of sp³-hybridized carbons (Fsp3) is 0.280. The van der Waals surface area contributed by atoms with E-state index in [1.54, 1.807) is 43.7 Å². The average Bonchev–Trinajstić information content (AvgIpc) is 3.28. The van der Waals surface area contributed by atoms with Crippen molar-refractivity contribution < 1.29 is 35.8 Å². The first-order valence-electron chi connectivity index (χ1n) is 11.6. The Morgan fingerprint density at radius 3 is 2.27 bits per heavy atom. The minimum Gasteiger partial charge on any atom is -0.412 e. The molecule has 2 aromatic carbocycles. The average molecular weight is 615 g/mol. The van der Waals surface area contributed by atoms with E-state index in [9.17, 15) is 9.90 Å². The van der Waals surface area contributed by atoms with Crippen LogP contribution in [-0.4, -0.2) is 96.7 Å². The van der Waals surface area contributed by atoms with Gasteiger partial charge < -0.3 is 41.6 Å². The molecule has 1 amide bonds. The third kappa shape index (κ3) is 8.91. The maximum atomic E-state index is 12.2. The largest absolute Gasteiger partial charge is 0.412 e. The molecule has 0 radical (unpaired) electrons. The molecule has 15 heteroatoms. The zero-order chi connectivity index (χ0) is 28.5. The van der Waals surface area contributed by atoms with E-state index in [0.717, 1.165) is 16.6 Å². The number of hydrogen-bond donors (Lipinski definition) is 7. The van der Waals surface area contributed by atoms with Crippen molar-refractivity contribution in [1.82, 2.24) is 20.6 Å². The van der Waals surface area contributed by atoms with Crippen LogP contribution in [0.15, 0.2) is 58.7 Å². The molecule has 1 aliphatic rings. The van der Waals surface area contributed by atoms with Crippen molar-refractivity contribution in [1.29, 1.82) is 0 Å². The first-order valence-corrected chi connectivity index (χ1v) is 13.1. The van der Waals surface area contributed by atoms with Gasteiger partial charge in [0.1, 0.15) is 24.0 Å². The van der Waals surface area contributed by atoms with Gasteiger partial charge in [0.05, 0.1) is 38.7 Å². The number of thioether (sulfide) groups is 1. The molecule has 2 heterocycles. The van der Waals surface area contributed by atoms with Crippen LogP contribution >= 0.6 is 35.0 Å². The van der Waals surface area contributed by atoms with Gasteiger partial charge in [0.15, 0.2) is 5.17 Å². The van der Waals surface area contributed by atoms with Crippen molar-refractivity contribution in [3.63, 3.8) is 0 Å². The number of halogens is 2. The molecule has 4 atom stereocenters. The summed E-state index contributed by atoms with van der Waals surface area (Å²) in [6.45, 7) is -0.569. The van der Waals surface area contributed by atoms with Crippen molar-refractivity contribution in [2.45, 2.75) is 24.4 Å². The highest BCUT2D eigenvalue weighted by Crippen LogP contribution is 2.35. The van der Waals surface area contributed by atoms with Crippen LogP contribution in [0.2, 0.25) is 10.0 Å². The summed E-state index contributed by atoms with van der Waals surface area (Å²) in [6.07, 6.45) is -0.589. The fourth-order valence-corrected chi connectivity index (χ4v) is 4.60. The second-order valence-corrected chi connectivity index (χ2v) is 10.1. The Balaban J connectivity index is 0.000000344. The van der Waals surface area contributed by atoms with Crippen LogP contribution in [0, 0.1) is 0 Å². The molecule has 0 saturated carbocycles. The van der Waals surface area contributed by atoms with Gasteiger partial charge >= 0.3 is 0 Å². The minimum absolute atomic E-state index is 0. The summed E-state index contributed by atoms with van der Waals surface area (Å²) < 4.78 is 0.